The number of hydrogen-bond donors (Lipinski definition) is 2. The first-order valence-electron chi connectivity index (χ1n) is 5.98. The van der Waals surface area contributed by atoms with Crippen LogP contribution in [0.15, 0.2) is 36.4 Å². The van der Waals surface area contributed by atoms with Gasteiger partial charge in [0.05, 0.1) is 6.04 Å². The van der Waals surface area contributed by atoms with Crippen molar-refractivity contribution in [2.24, 2.45) is 0 Å². The largest absolute Gasteiger partial charge is 0.508 e. The highest BCUT2D eigenvalue weighted by molar-refractivity contribution is 5.48. The van der Waals surface area contributed by atoms with Gasteiger partial charge >= 0.3 is 0 Å². The van der Waals surface area contributed by atoms with E-state index in [1.165, 1.54) is 6.07 Å². The molecule has 0 aliphatic carbocycles. The molecule has 1 atom stereocenters. The Kier molecular flexibility index (Phi) is 3.69. The molecule has 2 aromatic rings. The monoisotopic (exact) mass is 263 g/mol. The summed E-state index contributed by atoms with van der Waals surface area (Å²) in [5.74, 6) is -1.59. The normalized spacial score (nSPS) is 12.2. The predicted octanol–water partition coefficient (Wildman–Crippen LogP) is 4.15. The molecule has 0 aliphatic heterocycles. The third-order valence-electron chi connectivity index (χ3n) is 2.96. The van der Waals surface area contributed by atoms with Crippen molar-refractivity contribution in [2.75, 3.05) is 5.32 Å². The van der Waals surface area contributed by atoms with Crippen LogP contribution in [0.2, 0.25) is 0 Å². The van der Waals surface area contributed by atoms with Crippen LogP contribution >= 0.6 is 0 Å². The molecule has 100 valence electrons. The van der Waals surface area contributed by atoms with E-state index >= 15 is 0 Å². The second-order valence-electron chi connectivity index (χ2n) is 4.56. The lowest BCUT2D eigenvalue weighted by atomic mass is 10.0. The summed E-state index contributed by atoms with van der Waals surface area (Å²) in [6, 6.07) is 8.77. The van der Waals surface area contributed by atoms with Crippen LogP contribution < -0.4 is 5.32 Å². The van der Waals surface area contributed by atoms with Crippen molar-refractivity contribution in [3.05, 3.63) is 59.2 Å². The number of aryl methyl sites for hydroxylation is 1. The number of benzene rings is 2. The van der Waals surface area contributed by atoms with Crippen molar-refractivity contribution < 1.29 is 13.9 Å². The molecule has 19 heavy (non-hydrogen) atoms. The lowest BCUT2D eigenvalue weighted by Crippen LogP contribution is -2.07. The van der Waals surface area contributed by atoms with Gasteiger partial charge in [-0.25, -0.2) is 8.78 Å². The Morgan fingerprint density at radius 1 is 1.05 bits per heavy atom. The summed E-state index contributed by atoms with van der Waals surface area (Å²) in [7, 11) is 0. The maximum absolute atomic E-state index is 13.1. The molecule has 0 saturated carbocycles. The summed E-state index contributed by atoms with van der Waals surface area (Å²) in [6.45, 7) is 3.72. The third-order valence-corrected chi connectivity index (χ3v) is 2.96. The van der Waals surface area contributed by atoms with E-state index in [0.717, 1.165) is 17.7 Å². The SMILES string of the molecule is Cc1ccc(C(C)Nc2ccc(F)c(F)c2)c(O)c1. The molecule has 0 aliphatic rings. The summed E-state index contributed by atoms with van der Waals surface area (Å²) in [5.41, 5.74) is 2.13. The second-order valence-corrected chi connectivity index (χ2v) is 4.56. The Morgan fingerprint density at radius 3 is 2.42 bits per heavy atom. The van der Waals surface area contributed by atoms with Gasteiger partial charge in [0, 0.05) is 17.3 Å². The van der Waals surface area contributed by atoms with Crippen molar-refractivity contribution in [3.8, 4) is 5.75 Å². The molecule has 0 radical (unpaired) electrons. The third kappa shape index (κ3) is 3.02. The first-order chi connectivity index (χ1) is 8.97. The zero-order valence-corrected chi connectivity index (χ0v) is 10.7. The van der Waals surface area contributed by atoms with Crippen LogP contribution in [0.5, 0.6) is 5.75 Å². The Bertz CT molecular complexity index is 599. The average Bonchev–Trinajstić information content (AvgIpc) is 2.33. The zero-order chi connectivity index (χ0) is 14.0. The molecule has 1 unspecified atom stereocenters. The number of phenolic OH excluding ortho intramolecular Hbond substituents is 1. The van der Waals surface area contributed by atoms with Crippen LogP contribution in [0, 0.1) is 18.6 Å². The van der Waals surface area contributed by atoms with Gasteiger partial charge < -0.3 is 10.4 Å². The first-order valence-corrected chi connectivity index (χ1v) is 5.98. The smallest absolute Gasteiger partial charge is 0.160 e. The fraction of sp³-hybridized carbons (Fsp3) is 0.200. The van der Waals surface area contributed by atoms with Crippen molar-refractivity contribution in [1.82, 2.24) is 0 Å². The molecule has 0 heterocycles. The number of hydrogen-bond acceptors (Lipinski definition) is 2. The van der Waals surface area contributed by atoms with Crippen molar-refractivity contribution in [1.29, 1.82) is 0 Å². The highest BCUT2D eigenvalue weighted by Gasteiger charge is 2.11. The molecule has 0 bridgehead atoms. The van der Waals surface area contributed by atoms with Crippen LogP contribution in [0.1, 0.15) is 24.1 Å². The average molecular weight is 263 g/mol. The number of anilines is 1. The molecule has 4 heteroatoms. The highest BCUT2D eigenvalue weighted by Crippen LogP contribution is 2.28. The van der Waals surface area contributed by atoms with Gasteiger partial charge in [0.1, 0.15) is 5.75 Å². The summed E-state index contributed by atoms with van der Waals surface area (Å²) in [5, 5.41) is 12.9. The number of halogens is 2. The molecule has 2 rings (SSSR count). The van der Waals surface area contributed by atoms with Crippen LogP contribution in [-0.4, -0.2) is 5.11 Å². The quantitative estimate of drug-likeness (QED) is 0.871. The van der Waals surface area contributed by atoms with Gasteiger partial charge in [-0.2, -0.15) is 0 Å². The van der Waals surface area contributed by atoms with Crippen LogP contribution in [0.4, 0.5) is 14.5 Å². The fourth-order valence-electron chi connectivity index (χ4n) is 1.93. The Morgan fingerprint density at radius 2 is 1.79 bits per heavy atom. The minimum Gasteiger partial charge on any atom is -0.508 e. The van der Waals surface area contributed by atoms with Gasteiger partial charge in [-0.05, 0) is 37.6 Å². The van der Waals surface area contributed by atoms with Crippen molar-refractivity contribution in [2.45, 2.75) is 19.9 Å². The standard InChI is InChI=1S/C15H15F2NO/c1-9-3-5-12(15(19)7-9)10(2)18-11-4-6-13(16)14(17)8-11/h3-8,10,18-19H,1-2H3. The fourth-order valence-corrected chi connectivity index (χ4v) is 1.93. The minimum absolute atomic E-state index is 0.183. The highest BCUT2D eigenvalue weighted by atomic mass is 19.2. The second kappa shape index (κ2) is 5.26. The van der Waals surface area contributed by atoms with E-state index in [2.05, 4.69) is 5.32 Å². The molecule has 0 aromatic heterocycles. The van der Waals surface area contributed by atoms with E-state index in [9.17, 15) is 13.9 Å². The molecule has 0 amide bonds. The lowest BCUT2D eigenvalue weighted by molar-refractivity contribution is 0.465. The number of phenols is 1. The Balaban J connectivity index is 2.20. The summed E-state index contributed by atoms with van der Waals surface area (Å²) < 4.78 is 25.9. The predicted molar refractivity (Wildman–Crippen MR) is 71.2 cm³/mol. The molecule has 2 nitrogen and oxygen atoms in total. The van der Waals surface area contributed by atoms with Crippen LogP contribution in [0.25, 0.3) is 0 Å². The molecule has 2 N–H and O–H groups in total. The topological polar surface area (TPSA) is 32.3 Å². The van der Waals surface area contributed by atoms with E-state index in [1.807, 2.05) is 26.0 Å². The number of aromatic hydroxyl groups is 1. The lowest BCUT2D eigenvalue weighted by Gasteiger charge is -2.17. The molecular formula is C15H15F2NO. The number of nitrogens with one attached hydrogen (secondary N) is 1. The Hall–Kier alpha value is -2.10. The molecule has 0 fully saturated rings. The van der Waals surface area contributed by atoms with Gasteiger partial charge in [0.2, 0.25) is 0 Å². The molecule has 0 saturated heterocycles. The summed E-state index contributed by atoms with van der Waals surface area (Å²) in [4.78, 5) is 0. The maximum Gasteiger partial charge on any atom is 0.160 e. The van der Waals surface area contributed by atoms with E-state index in [-0.39, 0.29) is 11.8 Å². The van der Waals surface area contributed by atoms with Gasteiger partial charge in [-0.3, -0.25) is 0 Å². The van der Waals surface area contributed by atoms with E-state index in [1.54, 1.807) is 6.07 Å². The molecule has 0 spiro atoms. The van der Waals surface area contributed by atoms with Gasteiger partial charge in [-0.15, -0.1) is 0 Å². The molecular weight excluding hydrogens is 248 g/mol. The van der Waals surface area contributed by atoms with E-state index < -0.39 is 11.6 Å². The van der Waals surface area contributed by atoms with E-state index in [4.69, 9.17) is 0 Å². The van der Waals surface area contributed by atoms with Crippen LogP contribution in [0.3, 0.4) is 0 Å². The first kappa shape index (κ1) is 13.3. The number of rotatable bonds is 3. The minimum atomic E-state index is -0.898. The summed E-state index contributed by atoms with van der Waals surface area (Å²) >= 11 is 0. The maximum atomic E-state index is 13.1. The zero-order valence-electron chi connectivity index (χ0n) is 10.7. The van der Waals surface area contributed by atoms with Gasteiger partial charge in [0.25, 0.3) is 0 Å². The van der Waals surface area contributed by atoms with Crippen molar-refractivity contribution in [3.63, 3.8) is 0 Å². The van der Waals surface area contributed by atoms with Gasteiger partial charge in [0.15, 0.2) is 11.6 Å². The summed E-state index contributed by atoms with van der Waals surface area (Å²) in [6.07, 6.45) is 0. The van der Waals surface area contributed by atoms with Crippen molar-refractivity contribution >= 4 is 5.69 Å². The van der Waals surface area contributed by atoms with Crippen LogP contribution in [-0.2, 0) is 0 Å². The molecule has 2 aromatic carbocycles. The van der Waals surface area contributed by atoms with E-state index in [0.29, 0.717) is 11.3 Å². The van der Waals surface area contributed by atoms with Gasteiger partial charge in [-0.1, -0.05) is 12.1 Å². The Labute approximate surface area is 110 Å².